The second kappa shape index (κ2) is 7.72. The van der Waals surface area contributed by atoms with Crippen LogP contribution in [0.4, 0.5) is 24.5 Å². The number of hydrogen-bond donors (Lipinski definition) is 2. The molecule has 0 fully saturated rings. The average molecular weight is 345 g/mol. The molecule has 0 aliphatic carbocycles. The molecule has 3 N–H and O–H groups in total. The first-order valence-electron chi connectivity index (χ1n) is 5.88. The van der Waals surface area contributed by atoms with E-state index in [0.717, 1.165) is 0 Å². The van der Waals surface area contributed by atoms with Gasteiger partial charge in [0.05, 0.1) is 15.7 Å². The van der Waals surface area contributed by atoms with Gasteiger partial charge in [-0.2, -0.15) is 13.2 Å². The minimum atomic E-state index is -4.37. The fourth-order valence-corrected chi connectivity index (χ4v) is 2.04. The first-order valence-corrected chi connectivity index (χ1v) is 6.63. The number of ether oxygens (including phenoxy) is 1. The second-order valence-corrected chi connectivity index (χ2v) is 4.99. The third-order valence-corrected chi connectivity index (χ3v) is 2.88. The number of benzene rings is 1. The zero-order valence-electron chi connectivity index (χ0n) is 10.8. The lowest BCUT2D eigenvalue weighted by molar-refractivity contribution is -0.174. The Hall–Kier alpha value is -1.18. The number of carbonyl (C=O) groups is 1. The lowest BCUT2D eigenvalue weighted by atomic mass is 10.2. The highest BCUT2D eigenvalue weighted by atomic mass is 35.5. The van der Waals surface area contributed by atoms with Crippen LogP contribution in [0.15, 0.2) is 12.1 Å². The van der Waals surface area contributed by atoms with Gasteiger partial charge in [0, 0.05) is 18.7 Å². The number of nitrogens with two attached hydrogens (primary N) is 1. The van der Waals surface area contributed by atoms with Crippen LogP contribution in [0.25, 0.3) is 0 Å². The van der Waals surface area contributed by atoms with Gasteiger partial charge in [-0.25, -0.2) is 0 Å². The Morgan fingerprint density at radius 1 is 1.29 bits per heavy atom. The minimum absolute atomic E-state index is 0.0190. The van der Waals surface area contributed by atoms with Crippen molar-refractivity contribution in [2.24, 2.45) is 0 Å². The SMILES string of the molecule is Nc1cc(Cl)c(NC(=O)CCCOCC(F)(F)F)c(Cl)c1. The number of halogens is 5. The molecule has 1 aromatic carbocycles. The van der Waals surface area contributed by atoms with Crippen LogP contribution in [-0.2, 0) is 9.53 Å². The summed E-state index contributed by atoms with van der Waals surface area (Å²) in [6.45, 7) is -1.50. The summed E-state index contributed by atoms with van der Waals surface area (Å²) < 4.78 is 39.8. The molecule has 1 amide bonds. The van der Waals surface area contributed by atoms with E-state index in [9.17, 15) is 18.0 Å². The molecule has 0 spiro atoms. The van der Waals surface area contributed by atoms with Gasteiger partial charge in [-0.3, -0.25) is 4.79 Å². The molecule has 0 atom stereocenters. The largest absolute Gasteiger partial charge is 0.411 e. The maximum atomic E-state index is 11.8. The fraction of sp³-hybridized carbons (Fsp3) is 0.417. The number of nitrogen functional groups attached to an aromatic ring is 1. The third kappa shape index (κ3) is 6.88. The predicted molar refractivity (Wildman–Crippen MR) is 75.6 cm³/mol. The molecular formula is C12H13Cl2F3N2O2. The molecule has 0 unspecified atom stereocenters. The highest BCUT2D eigenvalue weighted by Crippen LogP contribution is 2.32. The van der Waals surface area contributed by atoms with Crippen molar-refractivity contribution < 1.29 is 22.7 Å². The molecule has 0 aromatic heterocycles. The van der Waals surface area contributed by atoms with Crippen molar-refractivity contribution in [3.8, 4) is 0 Å². The fourth-order valence-electron chi connectivity index (χ4n) is 1.44. The lowest BCUT2D eigenvalue weighted by Crippen LogP contribution is -2.18. The maximum Gasteiger partial charge on any atom is 0.411 e. The Bertz CT molecular complexity index is 487. The van der Waals surface area contributed by atoms with E-state index in [1.807, 2.05) is 0 Å². The Balaban J connectivity index is 2.38. The second-order valence-electron chi connectivity index (χ2n) is 4.18. The number of amides is 1. The minimum Gasteiger partial charge on any atom is -0.399 e. The number of alkyl halides is 3. The molecule has 1 rings (SSSR count). The van der Waals surface area contributed by atoms with E-state index in [-0.39, 0.29) is 35.2 Å². The van der Waals surface area contributed by atoms with Crippen LogP contribution >= 0.6 is 23.2 Å². The monoisotopic (exact) mass is 344 g/mol. The standard InChI is InChI=1S/C12H13Cl2F3N2O2/c13-8-4-7(18)5-9(14)11(8)19-10(20)2-1-3-21-6-12(15,16)17/h4-5H,1-3,6,18H2,(H,19,20). The number of carbonyl (C=O) groups excluding carboxylic acids is 1. The van der Waals surface area contributed by atoms with E-state index in [0.29, 0.717) is 5.69 Å². The molecule has 0 aliphatic heterocycles. The van der Waals surface area contributed by atoms with Crippen LogP contribution in [0, 0.1) is 0 Å². The van der Waals surface area contributed by atoms with Crippen LogP contribution < -0.4 is 11.1 Å². The van der Waals surface area contributed by atoms with Gasteiger partial charge >= 0.3 is 6.18 Å². The molecule has 118 valence electrons. The Morgan fingerprint density at radius 2 is 1.86 bits per heavy atom. The Morgan fingerprint density at radius 3 is 2.38 bits per heavy atom. The van der Waals surface area contributed by atoms with Crippen molar-refractivity contribution in [3.63, 3.8) is 0 Å². The molecule has 0 saturated heterocycles. The van der Waals surface area contributed by atoms with E-state index in [1.54, 1.807) is 0 Å². The van der Waals surface area contributed by atoms with Crippen molar-refractivity contribution in [2.75, 3.05) is 24.3 Å². The van der Waals surface area contributed by atoms with E-state index in [2.05, 4.69) is 10.1 Å². The van der Waals surface area contributed by atoms with E-state index >= 15 is 0 Å². The van der Waals surface area contributed by atoms with Crippen LogP contribution in [0.1, 0.15) is 12.8 Å². The molecule has 0 bridgehead atoms. The predicted octanol–water partition coefficient (Wildman–Crippen LogP) is 3.87. The number of anilines is 2. The summed E-state index contributed by atoms with van der Waals surface area (Å²) in [6, 6.07) is 2.85. The third-order valence-electron chi connectivity index (χ3n) is 2.29. The molecule has 21 heavy (non-hydrogen) atoms. The molecule has 1 aromatic rings. The van der Waals surface area contributed by atoms with Crippen molar-refractivity contribution in [1.82, 2.24) is 0 Å². The smallest absolute Gasteiger partial charge is 0.399 e. The number of hydrogen-bond acceptors (Lipinski definition) is 3. The first-order chi connectivity index (χ1) is 9.69. The summed E-state index contributed by atoms with van der Waals surface area (Å²) in [4.78, 5) is 11.6. The van der Waals surface area contributed by atoms with Crippen molar-refractivity contribution in [1.29, 1.82) is 0 Å². The van der Waals surface area contributed by atoms with Gasteiger partial charge in [0.25, 0.3) is 0 Å². The van der Waals surface area contributed by atoms with Crippen LogP contribution in [-0.4, -0.2) is 25.3 Å². The quantitative estimate of drug-likeness (QED) is 0.608. The summed E-state index contributed by atoms with van der Waals surface area (Å²) in [5, 5.41) is 2.84. The van der Waals surface area contributed by atoms with Gasteiger partial charge < -0.3 is 15.8 Å². The Labute approximate surface area is 129 Å². The molecule has 0 heterocycles. The summed E-state index contributed by atoms with van der Waals surface area (Å²) >= 11 is 11.8. The van der Waals surface area contributed by atoms with Gasteiger partial charge in [0.1, 0.15) is 6.61 Å². The summed E-state index contributed by atoms with van der Waals surface area (Å²) in [5.74, 6) is -0.431. The Kier molecular flexibility index (Phi) is 6.57. The maximum absolute atomic E-state index is 11.8. The van der Waals surface area contributed by atoms with E-state index in [1.165, 1.54) is 12.1 Å². The topological polar surface area (TPSA) is 64.3 Å². The van der Waals surface area contributed by atoms with Crippen molar-refractivity contribution >= 4 is 40.5 Å². The van der Waals surface area contributed by atoms with Gasteiger partial charge in [0.15, 0.2) is 0 Å². The van der Waals surface area contributed by atoms with Crippen molar-refractivity contribution in [3.05, 3.63) is 22.2 Å². The lowest BCUT2D eigenvalue weighted by Gasteiger charge is -2.10. The van der Waals surface area contributed by atoms with Gasteiger partial charge in [-0.05, 0) is 18.6 Å². The summed E-state index contributed by atoms with van der Waals surface area (Å²) in [7, 11) is 0. The summed E-state index contributed by atoms with van der Waals surface area (Å²) in [5.41, 5.74) is 6.08. The molecule has 0 aliphatic rings. The van der Waals surface area contributed by atoms with Crippen molar-refractivity contribution in [2.45, 2.75) is 19.0 Å². The number of nitrogens with one attached hydrogen (secondary N) is 1. The summed E-state index contributed by atoms with van der Waals surface area (Å²) in [6.07, 6.45) is -4.24. The van der Waals surface area contributed by atoms with Crippen LogP contribution in [0.5, 0.6) is 0 Å². The highest BCUT2D eigenvalue weighted by molar-refractivity contribution is 6.40. The zero-order valence-corrected chi connectivity index (χ0v) is 12.3. The first kappa shape index (κ1) is 17.9. The van der Waals surface area contributed by atoms with E-state index in [4.69, 9.17) is 28.9 Å². The van der Waals surface area contributed by atoms with Gasteiger partial charge in [-0.1, -0.05) is 23.2 Å². The van der Waals surface area contributed by atoms with Gasteiger partial charge in [-0.15, -0.1) is 0 Å². The van der Waals surface area contributed by atoms with Gasteiger partial charge in [0.2, 0.25) is 5.91 Å². The zero-order chi connectivity index (χ0) is 16.0. The van der Waals surface area contributed by atoms with Crippen LogP contribution in [0.2, 0.25) is 10.0 Å². The highest BCUT2D eigenvalue weighted by Gasteiger charge is 2.27. The van der Waals surface area contributed by atoms with Crippen LogP contribution in [0.3, 0.4) is 0 Å². The molecule has 0 radical (unpaired) electrons. The van der Waals surface area contributed by atoms with E-state index < -0.39 is 18.7 Å². The average Bonchev–Trinajstić information content (AvgIpc) is 2.32. The normalized spacial score (nSPS) is 11.5. The molecule has 9 heteroatoms. The molecule has 0 saturated carbocycles. The number of rotatable bonds is 6. The molecule has 4 nitrogen and oxygen atoms in total. The molecular weight excluding hydrogens is 332 g/mol.